The monoisotopic (exact) mass is 257 g/mol. The van der Waals surface area contributed by atoms with E-state index in [1.807, 2.05) is 35.7 Å². The Morgan fingerprint density at radius 2 is 2.22 bits per heavy atom. The van der Waals surface area contributed by atoms with Crippen molar-refractivity contribution < 1.29 is 0 Å². The second-order valence-electron chi connectivity index (χ2n) is 3.88. The molecule has 0 saturated carbocycles. The summed E-state index contributed by atoms with van der Waals surface area (Å²) in [5.74, 6) is 5.61. The van der Waals surface area contributed by atoms with Gasteiger partial charge in [-0.05, 0) is 29.2 Å². The van der Waals surface area contributed by atoms with Gasteiger partial charge in [0, 0.05) is 17.0 Å². The third-order valence-corrected chi connectivity index (χ3v) is 3.33. The molecule has 1 aromatic carbocycles. The van der Waals surface area contributed by atoms with Crippen LogP contribution >= 0.6 is 11.5 Å². The molecule has 0 aliphatic rings. The lowest BCUT2D eigenvalue weighted by molar-refractivity contribution is 0.619. The lowest BCUT2D eigenvalue weighted by atomic mass is 10.0. The number of nitrogens with two attached hydrogens (primary N) is 1. The van der Waals surface area contributed by atoms with Gasteiger partial charge < -0.3 is 0 Å². The van der Waals surface area contributed by atoms with Crippen LogP contribution in [0, 0.1) is 0 Å². The van der Waals surface area contributed by atoms with Gasteiger partial charge in [0.2, 0.25) is 0 Å². The van der Waals surface area contributed by atoms with Crippen molar-refractivity contribution in [1.29, 1.82) is 0 Å². The number of hydrogen-bond donors (Lipinski definition) is 2. The van der Waals surface area contributed by atoms with Gasteiger partial charge in [0.1, 0.15) is 0 Å². The Morgan fingerprint density at radius 1 is 1.28 bits per heavy atom. The molecule has 3 rings (SSSR count). The molecule has 0 radical (unpaired) electrons. The molecule has 5 nitrogen and oxygen atoms in total. The maximum Gasteiger partial charge on any atom is 0.0983 e. The number of rotatable bonds is 3. The van der Waals surface area contributed by atoms with Crippen LogP contribution in [0.5, 0.6) is 0 Å². The molecule has 0 amide bonds. The Hall–Kier alpha value is -1.89. The van der Waals surface area contributed by atoms with E-state index in [1.54, 1.807) is 6.20 Å². The number of nitrogens with zero attached hydrogens (tertiary/aromatic N) is 3. The quantitative estimate of drug-likeness (QED) is 0.551. The molecule has 2 heterocycles. The highest BCUT2D eigenvalue weighted by atomic mass is 32.1. The summed E-state index contributed by atoms with van der Waals surface area (Å²) >= 11 is 1.31. The molecular formula is C12H11N5S. The minimum Gasteiger partial charge on any atom is -0.271 e. The molecule has 0 aliphatic carbocycles. The van der Waals surface area contributed by atoms with E-state index in [0.29, 0.717) is 0 Å². The van der Waals surface area contributed by atoms with E-state index in [0.717, 1.165) is 22.2 Å². The third kappa shape index (κ3) is 1.97. The SMILES string of the molecule is NNC(c1ccc2cccnc2c1)c1csnn1. The van der Waals surface area contributed by atoms with Gasteiger partial charge in [0.15, 0.2) is 0 Å². The first-order valence-corrected chi connectivity index (χ1v) is 6.30. The van der Waals surface area contributed by atoms with Crippen LogP contribution in [0.4, 0.5) is 0 Å². The molecular weight excluding hydrogens is 246 g/mol. The normalized spacial score (nSPS) is 12.7. The van der Waals surface area contributed by atoms with Crippen molar-refractivity contribution in [2.24, 2.45) is 5.84 Å². The largest absolute Gasteiger partial charge is 0.271 e. The first-order valence-electron chi connectivity index (χ1n) is 5.46. The average Bonchev–Trinajstić information content (AvgIpc) is 2.93. The predicted octanol–water partition coefficient (Wildman–Crippen LogP) is 1.64. The van der Waals surface area contributed by atoms with E-state index in [-0.39, 0.29) is 6.04 Å². The summed E-state index contributed by atoms with van der Waals surface area (Å²) in [6.07, 6.45) is 1.78. The Bertz CT molecular complexity index is 652. The van der Waals surface area contributed by atoms with Crippen LogP contribution in [0.3, 0.4) is 0 Å². The zero-order valence-electron chi connectivity index (χ0n) is 9.45. The fourth-order valence-electron chi connectivity index (χ4n) is 1.91. The van der Waals surface area contributed by atoms with E-state index in [2.05, 4.69) is 20.0 Å². The van der Waals surface area contributed by atoms with Gasteiger partial charge in [-0.15, -0.1) is 5.10 Å². The molecule has 2 aromatic heterocycles. The number of hydrazine groups is 1. The zero-order valence-corrected chi connectivity index (χ0v) is 10.3. The van der Waals surface area contributed by atoms with Crippen molar-refractivity contribution in [1.82, 2.24) is 20.0 Å². The van der Waals surface area contributed by atoms with Gasteiger partial charge in [0.25, 0.3) is 0 Å². The van der Waals surface area contributed by atoms with Crippen molar-refractivity contribution in [3.8, 4) is 0 Å². The summed E-state index contributed by atoms with van der Waals surface area (Å²) in [4.78, 5) is 4.34. The minimum atomic E-state index is -0.157. The summed E-state index contributed by atoms with van der Waals surface area (Å²) in [7, 11) is 0. The molecule has 3 N–H and O–H groups in total. The molecule has 0 bridgehead atoms. The molecule has 1 atom stereocenters. The molecule has 6 heteroatoms. The number of hydrogen-bond acceptors (Lipinski definition) is 6. The van der Waals surface area contributed by atoms with Crippen molar-refractivity contribution in [2.75, 3.05) is 0 Å². The second-order valence-corrected chi connectivity index (χ2v) is 4.49. The van der Waals surface area contributed by atoms with E-state index in [9.17, 15) is 0 Å². The highest BCUT2D eigenvalue weighted by molar-refractivity contribution is 7.03. The maximum absolute atomic E-state index is 5.61. The zero-order chi connectivity index (χ0) is 12.4. The molecule has 0 fully saturated rings. The fourth-order valence-corrected chi connectivity index (χ4v) is 2.39. The second kappa shape index (κ2) is 4.77. The summed E-state index contributed by atoms with van der Waals surface area (Å²) in [5.41, 5.74) is 5.55. The highest BCUT2D eigenvalue weighted by Crippen LogP contribution is 2.23. The number of nitrogens with one attached hydrogen (secondary N) is 1. The van der Waals surface area contributed by atoms with Crippen LogP contribution in [-0.2, 0) is 0 Å². The summed E-state index contributed by atoms with van der Waals surface area (Å²) in [6.45, 7) is 0. The number of aromatic nitrogens is 3. The molecule has 1 unspecified atom stereocenters. The maximum atomic E-state index is 5.61. The van der Waals surface area contributed by atoms with Crippen molar-refractivity contribution in [2.45, 2.75) is 6.04 Å². The van der Waals surface area contributed by atoms with Crippen LogP contribution in [-0.4, -0.2) is 14.6 Å². The first-order chi connectivity index (χ1) is 8.88. The van der Waals surface area contributed by atoms with Crippen molar-refractivity contribution >= 4 is 22.4 Å². The summed E-state index contributed by atoms with van der Waals surface area (Å²) < 4.78 is 3.86. The number of fused-ring (bicyclic) bond motifs is 1. The molecule has 0 saturated heterocycles. The Labute approximate surface area is 108 Å². The van der Waals surface area contributed by atoms with Crippen LogP contribution in [0.15, 0.2) is 41.9 Å². The lowest BCUT2D eigenvalue weighted by Crippen LogP contribution is -2.29. The van der Waals surface area contributed by atoms with Crippen LogP contribution in [0.2, 0.25) is 0 Å². The molecule has 0 spiro atoms. The van der Waals surface area contributed by atoms with Gasteiger partial charge in [0.05, 0.1) is 17.3 Å². The van der Waals surface area contributed by atoms with Gasteiger partial charge in [-0.25, -0.2) is 5.43 Å². The van der Waals surface area contributed by atoms with E-state index >= 15 is 0 Å². The molecule has 90 valence electrons. The molecule has 18 heavy (non-hydrogen) atoms. The van der Waals surface area contributed by atoms with E-state index in [1.165, 1.54) is 11.5 Å². The minimum absolute atomic E-state index is 0.157. The molecule has 0 aliphatic heterocycles. The first kappa shape index (κ1) is 11.2. The van der Waals surface area contributed by atoms with Gasteiger partial charge in [-0.1, -0.05) is 22.7 Å². The average molecular weight is 257 g/mol. The Kier molecular flexibility index (Phi) is 2.97. The summed E-state index contributed by atoms with van der Waals surface area (Å²) in [6, 6.07) is 9.86. The Morgan fingerprint density at radius 3 is 3.00 bits per heavy atom. The van der Waals surface area contributed by atoms with Crippen LogP contribution in [0.25, 0.3) is 10.9 Å². The third-order valence-electron chi connectivity index (χ3n) is 2.80. The van der Waals surface area contributed by atoms with Gasteiger partial charge in [-0.3, -0.25) is 10.8 Å². The standard InChI is InChI=1S/C12H11N5S/c13-15-12(11-7-18-17-16-11)9-4-3-8-2-1-5-14-10(8)6-9/h1-7,12,15H,13H2. The van der Waals surface area contributed by atoms with Crippen molar-refractivity contribution in [3.63, 3.8) is 0 Å². The van der Waals surface area contributed by atoms with Crippen LogP contribution in [0.1, 0.15) is 17.3 Å². The number of benzene rings is 1. The van der Waals surface area contributed by atoms with Gasteiger partial charge >= 0.3 is 0 Å². The number of pyridine rings is 1. The smallest absolute Gasteiger partial charge is 0.0983 e. The predicted molar refractivity (Wildman–Crippen MR) is 70.8 cm³/mol. The fraction of sp³-hybridized carbons (Fsp3) is 0.0833. The van der Waals surface area contributed by atoms with Crippen LogP contribution < -0.4 is 11.3 Å². The van der Waals surface area contributed by atoms with E-state index in [4.69, 9.17) is 5.84 Å². The topological polar surface area (TPSA) is 76.7 Å². The lowest BCUT2D eigenvalue weighted by Gasteiger charge is -2.13. The van der Waals surface area contributed by atoms with E-state index < -0.39 is 0 Å². The summed E-state index contributed by atoms with van der Waals surface area (Å²) in [5, 5.41) is 7.04. The molecule has 3 aromatic rings. The van der Waals surface area contributed by atoms with Crippen molar-refractivity contribution in [3.05, 3.63) is 53.2 Å². The van der Waals surface area contributed by atoms with Gasteiger partial charge in [-0.2, -0.15) is 0 Å². The Balaban J connectivity index is 2.07. The highest BCUT2D eigenvalue weighted by Gasteiger charge is 2.15.